The maximum Gasteiger partial charge on any atom is 0.151 e. The SMILES string of the molecule is CCCCN(CCCC)c1ccc(CNC(C)C)nn1. The van der Waals surface area contributed by atoms with Crippen molar-refractivity contribution in [2.75, 3.05) is 18.0 Å². The molecule has 0 spiro atoms. The Labute approximate surface area is 124 Å². The summed E-state index contributed by atoms with van der Waals surface area (Å²) in [7, 11) is 0. The Hall–Kier alpha value is -1.16. The summed E-state index contributed by atoms with van der Waals surface area (Å²) in [6, 6.07) is 4.67. The molecule has 114 valence electrons. The Morgan fingerprint density at radius 2 is 1.70 bits per heavy atom. The quantitative estimate of drug-likeness (QED) is 0.712. The van der Waals surface area contributed by atoms with Gasteiger partial charge < -0.3 is 10.2 Å². The van der Waals surface area contributed by atoms with Crippen molar-refractivity contribution in [2.24, 2.45) is 0 Å². The molecular weight excluding hydrogens is 248 g/mol. The third-order valence-electron chi connectivity index (χ3n) is 3.28. The number of nitrogens with zero attached hydrogens (tertiary/aromatic N) is 3. The molecule has 1 aromatic heterocycles. The van der Waals surface area contributed by atoms with E-state index in [0.717, 1.165) is 31.1 Å². The normalized spacial score (nSPS) is 11.1. The first kappa shape index (κ1) is 16.9. The summed E-state index contributed by atoms with van der Waals surface area (Å²) in [6.07, 6.45) is 4.85. The third kappa shape index (κ3) is 6.33. The van der Waals surface area contributed by atoms with E-state index >= 15 is 0 Å². The van der Waals surface area contributed by atoms with Gasteiger partial charge in [0.05, 0.1) is 5.69 Å². The number of anilines is 1. The highest BCUT2D eigenvalue weighted by Crippen LogP contribution is 2.12. The van der Waals surface area contributed by atoms with Crippen molar-refractivity contribution in [3.63, 3.8) is 0 Å². The molecule has 0 radical (unpaired) electrons. The molecular formula is C16H30N4. The Bertz CT molecular complexity index is 340. The molecule has 1 rings (SSSR count). The van der Waals surface area contributed by atoms with E-state index in [9.17, 15) is 0 Å². The van der Waals surface area contributed by atoms with Gasteiger partial charge in [-0.25, -0.2) is 0 Å². The van der Waals surface area contributed by atoms with Gasteiger partial charge in [-0.2, -0.15) is 5.10 Å². The highest BCUT2D eigenvalue weighted by molar-refractivity contribution is 5.37. The van der Waals surface area contributed by atoms with Gasteiger partial charge >= 0.3 is 0 Å². The zero-order valence-electron chi connectivity index (χ0n) is 13.5. The molecule has 0 atom stereocenters. The van der Waals surface area contributed by atoms with Crippen LogP contribution in [-0.2, 0) is 6.54 Å². The highest BCUT2D eigenvalue weighted by Gasteiger charge is 2.08. The van der Waals surface area contributed by atoms with Gasteiger partial charge in [0.15, 0.2) is 5.82 Å². The zero-order chi connectivity index (χ0) is 14.8. The lowest BCUT2D eigenvalue weighted by atomic mass is 10.2. The second-order valence-electron chi connectivity index (χ2n) is 5.61. The molecule has 0 aliphatic heterocycles. The van der Waals surface area contributed by atoms with Crippen LogP contribution < -0.4 is 10.2 Å². The van der Waals surface area contributed by atoms with Gasteiger partial charge in [0.2, 0.25) is 0 Å². The van der Waals surface area contributed by atoms with Gasteiger partial charge in [-0.15, -0.1) is 5.10 Å². The molecule has 1 N–H and O–H groups in total. The largest absolute Gasteiger partial charge is 0.355 e. The summed E-state index contributed by atoms with van der Waals surface area (Å²) in [6.45, 7) is 11.7. The number of aromatic nitrogens is 2. The summed E-state index contributed by atoms with van der Waals surface area (Å²) in [5.41, 5.74) is 1.01. The fraction of sp³-hybridized carbons (Fsp3) is 0.750. The number of hydrogen-bond acceptors (Lipinski definition) is 4. The van der Waals surface area contributed by atoms with E-state index < -0.39 is 0 Å². The van der Waals surface area contributed by atoms with Crippen LogP contribution >= 0.6 is 0 Å². The van der Waals surface area contributed by atoms with Crippen molar-refractivity contribution in [3.8, 4) is 0 Å². The van der Waals surface area contributed by atoms with Crippen LogP contribution in [0, 0.1) is 0 Å². The Balaban J connectivity index is 2.61. The summed E-state index contributed by atoms with van der Waals surface area (Å²) in [4.78, 5) is 2.36. The first-order valence-corrected chi connectivity index (χ1v) is 7.98. The fourth-order valence-electron chi connectivity index (χ4n) is 1.96. The average molecular weight is 278 g/mol. The second kappa shape index (κ2) is 9.70. The molecule has 0 saturated carbocycles. The minimum atomic E-state index is 0.474. The predicted octanol–water partition coefficient (Wildman–Crippen LogP) is 3.38. The first-order valence-electron chi connectivity index (χ1n) is 7.98. The highest BCUT2D eigenvalue weighted by atomic mass is 15.3. The second-order valence-corrected chi connectivity index (χ2v) is 5.61. The Morgan fingerprint density at radius 1 is 1.05 bits per heavy atom. The summed E-state index contributed by atoms with van der Waals surface area (Å²) >= 11 is 0. The Kier molecular flexibility index (Phi) is 8.19. The lowest BCUT2D eigenvalue weighted by Crippen LogP contribution is -2.27. The van der Waals surface area contributed by atoms with Gasteiger partial charge in [-0.05, 0) is 25.0 Å². The lowest BCUT2D eigenvalue weighted by molar-refractivity contribution is 0.576. The van der Waals surface area contributed by atoms with E-state index in [4.69, 9.17) is 0 Å². The molecule has 1 aromatic rings. The topological polar surface area (TPSA) is 41.0 Å². The van der Waals surface area contributed by atoms with Crippen LogP contribution in [0.2, 0.25) is 0 Å². The fourth-order valence-corrected chi connectivity index (χ4v) is 1.96. The molecule has 1 heterocycles. The number of rotatable bonds is 10. The summed E-state index contributed by atoms with van der Waals surface area (Å²) in [5, 5.41) is 12.1. The van der Waals surface area contributed by atoms with E-state index in [1.807, 2.05) is 0 Å². The van der Waals surface area contributed by atoms with Crippen LogP contribution in [0.5, 0.6) is 0 Å². The van der Waals surface area contributed by atoms with E-state index in [2.05, 4.69) is 60.2 Å². The van der Waals surface area contributed by atoms with Crippen molar-refractivity contribution < 1.29 is 0 Å². The predicted molar refractivity (Wildman–Crippen MR) is 86.0 cm³/mol. The van der Waals surface area contributed by atoms with Crippen LogP contribution in [0.15, 0.2) is 12.1 Å². The molecule has 0 bridgehead atoms. The van der Waals surface area contributed by atoms with Crippen LogP contribution in [0.3, 0.4) is 0 Å². The van der Waals surface area contributed by atoms with Crippen molar-refractivity contribution in [3.05, 3.63) is 17.8 Å². The molecule has 0 amide bonds. The van der Waals surface area contributed by atoms with E-state index in [-0.39, 0.29) is 0 Å². The van der Waals surface area contributed by atoms with Gasteiger partial charge in [0.1, 0.15) is 0 Å². The molecule has 0 aliphatic rings. The molecule has 4 heteroatoms. The smallest absolute Gasteiger partial charge is 0.151 e. The standard InChI is InChI=1S/C16H30N4/c1-5-7-11-20(12-8-6-2)16-10-9-15(18-19-16)13-17-14(3)4/h9-10,14,17H,5-8,11-13H2,1-4H3. The number of nitrogens with one attached hydrogen (secondary N) is 1. The molecule has 4 nitrogen and oxygen atoms in total. The van der Waals surface area contributed by atoms with Gasteiger partial charge in [-0.3, -0.25) is 0 Å². The van der Waals surface area contributed by atoms with Crippen molar-refractivity contribution in [1.29, 1.82) is 0 Å². The molecule has 0 aliphatic carbocycles. The first-order chi connectivity index (χ1) is 9.67. The average Bonchev–Trinajstić information content (AvgIpc) is 2.46. The minimum Gasteiger partial charge on any atom is -0.355 e. The van der Waals surface area contributed by atoms with Crippen LogP contribution in [-0.4, -0.2) is 29.3 Å². The molecule has 0 fully saturated rings. The number of hydrogen-bond donors (Lipinski definition) is 1. The van der Waals surface area contributed by atoms with Crippen LogP contribution in [0.1, 0.15) is 59.1 Å². The van der Waals surface area contributed by atoms with Gasteiger partial charge in [0, 0.05) is 25.7 Å². The minimum absolute atomic E-state index is 0.474. The molecule has 20 heavy (non-hydrogen) atoms. The summed E-state index contributed by atoms with van der Waals surface area (Å²) < 4.78 is 0. The monoisotopic (exact) mass is 278 g/mol. The zero-order valence-corrected chi connectivity index (χ0v) is 13.5. The molecule has 0 unspecified atom stereocenters. The van der Waals surface area contributed by atoms with Gasteiger partial charge in [-0.1, -0.05) is 40.5 Å². The maximum atomic E-state index is 4.40. The molecule has 0 saturated heterocycles. The Morgan fingerprint density at radius 3 is 2.15 bits per heavy atom. The maximum absolute atomic E-state index is 4.40. The van der Waals surface area contributed by atoms with E-state index in [0.29, 0.717) is 6.04 Å². The molecule has 0 aromatic carbocycles. The number of unbranched alkanes of at least 4 members (excludes halogenated alkanes) is 2. The van der Waals surface area contributed by atoms with Crippen LogP contribution in [0.25, 0.3) is 0 Å². The van der Waals surface area contributed by atoms with Crippen molar-refractivity contribution in [2.45, 2.75) is 66.0 Å². The van der Waals surface area contributed by atoms with E-state index in [1.54, 1.807) is 0 Å². The van der Waals surface area contributed by atoms with Gasteiger partial charge in [0.25, 0.3) is 0 Å². The lowest BCUT2D eigenvalue weighted by Gasteiger charge is -2.23. The van der Waals surface area contributed by atoms with Crippen molar-refractivity contribution in [1.82, 2.24) is 15.5 Å². The van der Waals surface area contributed by atoms with E-state index in [1.165, 1.54) is 25.7 Å². The third-order valence-corrected chi connectivity index (χ3v) is 3.28. The van der Waals surface area contributed by atoms with Crippen LogP contribution in [0.4, 0.5) is 5.82 Å². The summed E-state index contributed by atoms with van der Waals surface area (Å²) in [5.74, 6) is 1.01. The van der Waals surface area contributed by atoms with Crippen molar-refractivity contribution >= 4 is 5.82 Å².